The lowest BCUT2D eigenvalue weighted by atomic mass is 9.89. The highest BCUT2D eigenvalue weighted by atomic mass is 16.6. The second-order valence-corrected chi connectivity index (χ2v) is 16.3. The van der Waals surface area contributed by atoms with Crippen LogP contribution < -0.4 is 10.6 Å². The second kappa shape index (κ2) is 24.1. The van der Waals surface area contributed by atoms with Crippen molar-refractivity contribution in [2.75, 3.05) is 85.9 Å². The van der Waals surface area contributed by atoms with Crippen molar-refractivity contribution in [2.45, 2.75) is 103 Å². The Morgan fingerprint density at radius 3 is 2.20 bits per heavy atom. The maximum absolute atomic E-state index is 13.1. The Bertz CT molecular complexity index is 1470. The molecule has 4 N–H and O–H groups in total. The minimum atomic E-state index is -1.53. The topological polar surface area (TPSA) is 190 Å². The summed E-state index contributed by atoms with van der Waals surface area (Å²) in [5.74, 6) is -0.310. The predicted molar refractivity (Wildman–Crippen MR) is 220 cm³/mol. The SMILES string of the molecule is CCC(OC)C(C)C1O/C1=C(\OC(=O)NCCN1CCOCC1)C(C)/C=C/C=C(\C)C1OC(=O)CC(O)CCC(C)(O)C(OC(=O)NCCN2CCOCC2)/C=C/C1C. The van der Waals surface area contributed by atoms with Crippen LogP contribution in [0.25, 0.3) is 0 Å². The molecular formula is C43H70N4O12. The van der Waals surface area contributed by atoms with Crippen LogP contribution in [0.5, 0.6) is 0 Å². The van der Waals surface area contributed by atoms with Gasteiger partial charge in [0.15, 0.2) is 23.7 Å². The fourth-order valence-corrected chi connectivity index (χ4v) is 7.54. The number of cyclic esters (lactones) is 1. The zero-order chi connectivity index (χ0) is 43.0. The van der Waals surface area contributed by atoms with Crippen LogP contribution in [0.1, 0.15) is 67.2 Å². The number of carbonyl (C=O) groups is 3. The lowest BCUT2D eigenvalue weighted by molar-refractivity contribution is -0.151. The summed E-state index contributed by atoms with van der Waals surface area (Å²) in [4.78, 5) is 43.4. The number of hydrogen-bond acceptors (Lipinski definition) is 14. The van der Waals surface area contributed by atoms with Gasteiger partial charge in [0, 0.05) is 77.2 Å². The van der Waals surface area contributed by atoms with Gasteiger partial charge in [-0.05, 0) is 44.8 Å². The molecule has 0 aromatic heterocycles. The Kier molecular flexibility index (Phi) is 19.6. The molecule has 0 saturated carbocycles. The normalized spacial score (nSPS) is 30.7. The summed E-state index contributed by atoms with van der Waals surface area (Å²) in [6.45, 7) is 19.2. The van der Waals surface area contributed by atoms with Gasteiger partial charge in [-0.25, -0.2) is 9.59 Å². The van der Waals surface area contributed by atoms with Crippen LogP contribution in [-0.2, 0) is 38.0 Å². The average Bonchev–Trinajstić information content (AvgIpc) is 4.01. The summed E-state index contributed by atoms with van der Waals surface area (Å²) in [7, 11) is 1.68. The third kappa shape index (κ3) is 15.8. The van der Waals surface area contributed by atoms with Gasteiger partial charge < -0.3 is 54.0 Å². The number of aliphatic hydroxyl groups is 2. The fourth-order valence-electron chi connectivity index (χ4n) is 7.54. The Labute approximate surface area is 350 Å². The van der Waals surface area contributed by atoms with Crippen molar-refractivity contribution in [1.82, 2.24) is 20.4 Å². The molecule has 9 unspecified atom stereocenters. The molecule has 4 rings (SSSR count). The molecule has 4 aliphatic rings. The molecule has 0 spiro atoms. The van der Waals surface area contributed by atoms with Gasteiger partial charge in [-0.3, -0.25) is 14.6 Å². The van der Waals surface area contributed by atoms with E-state index in [1.54, 1.807) is 26.2 Å². The Morgan fingerprint density at radius 2 is 1.61 bits per heavy atom. The highest BCUT2D eigenvalue weighted by molar-refractivity contribution is 5.70. The van der Waals surface area contributed by atoms with Gasteiger partial charge in [-0.15, -0.1) is 0 Å². The minimum absolute atomic E-state index is 0.0287. The number of allylic oxidation sites excluding steroid dienone is 3. The van der Waals surface area contributed by atoms with Crippen LogP contribution in [0.4, 0.5) is 9.59 Å². The first-order valence-electron chi connectivity index (χ1n) is 21.3. The molecule has 3 saturated heterocycles. The van der Waals surface area contributed by atoms with E-state index in [2.05, 4.69) is 34.3 Å². The lowest BCUT2D eigenvalue weighted by Crippen LogP contribution is -2.46. The second-order valence-electron chi connectivity index (χ2n) is 16.3. The van der Waals surface area contributed by atoms with Gasteiger partial charge in [0.05, 0.1) is 45.1 Å². The summed E-state index contributed by atoms with van der Waals surface area (Å²) < 4.78 is 40.1. The van der Waals surface area contributed by atoms with Crippen molar-refractivity contribution < 1.29 is 57.8 Å². The first-order chi connectivity index (χ1) is 28.2. The quantitative estimate of drug-likeness (QED) is 0.0440. The molecule has 0 bridgehead atoms. The smallest absolute Gasteiger partial charge is 0.412 e. The van der Waals surface area contributed by atoms with E-state index in [0.717, 1.165) is 32.6 Å². The number of aliphatic hydroxyl groups excluding tert-OH is 1. The Hall–Kier alpha value is -3.51. The number of amides is 2. The highest BCUT2D eigenvalue weighted by Gasteiger charge is 2.46. The van der Waals surface area contributed by atoms with Crippen molar-refractivity contribution >= 4 is 18.2 Å². The number of hydrogen-bond donors (Lipinski definition) is 4. The minimum Gasteiger partial charge on any atom is -0.479 e. The number of nitrogens with zero attached hydrogens (tertiary/aromatic N) is 2. The number of rotatable bonds is 16. The maximum Gasteiger partial charge on any atom is 0.412 e. The van der Waals surface area contributed by atoms with Crippen molar-refractivity contribution in [1.29, 1.82) is 0 Å². The lowest BCUT2D eigenvalue weighted by Gasteiger charge is -2.33. The number of morpholine rings is 2. The third-order valence-corrected chi connectivity index (χ3v) is 11.5. The van der Waals surface area contributed by atoms with Gasteiger partial charge in [-0.2, -0.15) is 0 Å². The van der Waals surface area contributed by atoms with Gasteiger partial charge in [0.1, 0.15) is 11.7 Å². The van der Waals surface area contributed by atoms with E-state index in [9.17, 15) is 24.6 Å². The molecule has 0 aliphatic carbocycles. The number of nitrogens with one attached hydrogen (secondary N) is 2. The summed E-state index contributed by atoms with van der Waals surface area (Å²) in [6.07, 6.45) is 5.23. The van der Waals surface area contributed by atoms with Crippen LogP contribution in [0.2, 0.25) is 0 Å². The monoisotopic (exact) mass is 834 g/mol. The van der Waals surface area contributed by atoms with Gasteiger partial charge >= 0.3 is 18.2 Å². The van der Waals surface area contributed by atoms with Crippen LogP contribution in [-0.4, -0.2) is 160 Å². The zero-order valence-corrected chi connectivity index (χ0v) is 36.2. The number of epoxide rings is 1. The van der Waals surface area contributed by atoms with E-state index in [0.29, 0.717) is 69.7 Å². The van der Waals surface area contributed by atoms with Crippen LogP contribution >= 0.6 is 0 Å². The van der Waals surface area contributed by atoms with Crippen LogP contribution in [0, 0.1) is 17.8 Å². The molecule has 0 aromatic carbocycles. The van der Waals surface area contributed by atoms with E-state index in [4.69, 9.17) is 33.2 Å². The number of alkyl carbamates (subject to hydrolysis) is 2. The summed E-state index contributed by atoms with van der Waals surface area (Å²) in [5, 5.41) is 27.8. The fraction of sp³-hybridized carbons (Fsp3) is 0.744. The van der Waals surface area contributed by atoms with Crippen molar-refractivity contribution in [3.05, 3.63) is 47.5 Å². The van der Waals surface area contributed by atoms with E-state index >= 15 is 0 Å². The molecule has 334 valence electrons. The number of carbonyl (C=O) groups excluding carboxylic acids is 3. The van der Waals surface area contributed by atoms with E-state index in [1.807, 2.05) is 39.0 Å². The van der Waals surface area contributed by atoms with Gasteiger partial charge in [0.2, 0.25) is 0 Å². The van der Waals surface area contributed by atoms with Crippen molar-refractivity contribution in [3.63, 3.8) is 0 Å². The third-order valence-electron chi connectivity index (χ3n) is 11.5. The molecule has 0 aromatic rings. The van der Waals surface area contributed by atoms with Crippen LogP contribution in [0.3, 0.4) is 0 Å². The summed E-state index contributed by atoms with van der Waals surface area (Å²) in [5.41, 5.74) is -0.829. The largest absolute Gasteiger partial charge is 0.479 e. The molecule has 16 heteroatoms. The van der Waals surface area contributed by atoms with E-state index in [1.165, 1.54) is 0 Å². The molecule has 2 amide bonds. The molecule has 3 fully saturated rings. The molecule has 59 heavy (non-hydrogen) atoms. The summed E-state index contributed by atoms with van der Waals surface area (Å²) in [6, 6.07) is 0. The maximum atomic E-state index is 13.1. The Balaban J connectivity index is 1.47. The Morgan fingerprint density at radius 1 is 1.00 bits per heavy atom. The number of esters is 1. The van der Waals surface area contributed by atoms with Crippen molar-refractivity contribution in [2.24, 2.45) is 17.8 Å². The van der Waals surface area contributed by atoms with Crippen molar-refractivity contribution in [3.8, 4) is 0 Å². The highest BCUT2D eigenvalue weighted by Crippen LogP contribution is 2.41. The number of ether oxygens (including phenoxy) is 7. The van der Waals surface area contributed by atoms with E-state index < -0.39 is 48.0 Å². The molecule has 9 atom stereocenters. The zero-order valence-electron chi connectivity index (χ0n) is 36.2. The predicted octanol–water partition coefficient (Wildman–Crippen LogP) is 3.68. The standard InChI is InChI=1S/C43H70N4O12/c1-8-34(53-7)32(5)39-40(58-39)38(59-42(51)45-17-19-47-22-26-55-27-23-47)30(3)11-9-10-29(2)37-31(4)12-13-35(43(6,52)15-14-33(48)28-36(49)57-37)56-41(50)44-16-18-46-20-24-54-25-21-46/h9-13,30-35,37,39,48,52H,8,14-28H2,1-7H3,(H,44,50)(H,45,51)/b11-9+,13-12+,29-10+,40-38-. The average molecular weight is 835 g/mol. The molecular weight excluding hydrogens is 764 g/mol. The molecule has 4 aliphatic heterocycles. The van der Waals surface area contributed by atoms with E-state index in [-0.39, 0.29) is 43.3 Å². The summed E-state index contributed by atoms with van der Waals surface area (Å²) >= 11 is 0. The van der Waals surface area contributed by atoms with Gasteiger partial charge in [-0.1, -0.05) is 52.0 Å². The first-order valence-corrected chi connectivity index (χ1v) is 21.3. The molecule has 0 radical (unpaired) electrons. The number of methoxy groups -OCH3 is 1. The van der Waals surface area contributed by atoms with Crippen LogP contribution in [0.15, 0.2) is 47.5 Å². The molecule has 16 nitrogen and oxygen atoms in total. The molecule has 4 heterocycles. The van der Waals surface area contributed by atoms with Gasteiger partial charge in [0.25, 0.3) is 0 Å². The first kappa shape index (κ1) is 48.2.